The molecule has 0 nitrogen and oxygen atoms in total. The zero-order valence-electron chi connectivity index (χ0n) is 3.70. The van der Waals surface area contributed by atoms with E-state index in [1.165, 1.54) is 6.42 Å². The third-order valence-electron chi connectivity index (χ3n) is 0.493. The summed E-state index contributed by atoms with van der Waals surface area (Å²) in [6, 6.07) is 0. The maximum Gasteiger partial charge on any atom is -0.0356 e. The number of unbranched alkanes of at least 4 members (excludes halogenated alkanes) is 1. The van der Waals surface area contributed by atoms with E-state index in [1.54, 1.807) is 0 Å². The van der Waals surface area contributed by atoms with E-state index in [9.17, 15) is 0 Å². The van der Waals surface area contributed by atoms with Crippen LogP contribution >= 0.6 is 0 Å². The summed E-state index contributed by atoms with van der Waals surface area (Å²) >= 11 is 0. The van der Waals surface area contributed by atoms with Crippen LogP contribution in [0.15, 0.2) is 12.7 Å². The van der Waals surface area contributed by atoms with Crippen molar-refractivity contribution >= 4 is 0 Å². The Kier molecular flexibility index (Phi) is 13.6. The second kappa shape index (κ2) is 8.83. The van der Waals surface area contributed by atoms with E-state index in [1.807, 2.05) is 6.08 Å². The summed E-state index contributed by atoms with van der Waals surface area (Å²) in [7, 11) is 0. The van der Waals surface area contributed by atoms with E-state index in [2.05, 4.69) is 13.5 Å². The highest BCUT2D eigenvalue weighted by atomic mass is 13.7. The predicted octanol–water partition coefficient (Wildman–Crippen LogP) is 2.61. The van der Waals surface area contributed by atoms with E-state index >= 15 is 0 Å². The first-order chi connectivity index (χ1) is 2.41. The Labute approximate surface area is 40.9 Å². The first-order valence-corrected chi connectivity index (χ1v) is 2.02. The maximum absolute atomic E-state index is 3.55. The Morgan fingerprint density at radius 1 is 1.67 bits per heavy atom. The van der Waals surface area contributed by atoms with Crippen molar-refractivity contribution < 1.29 is 0 Å². The average molecular weight is 86.2 g/mol. The maximum atomic E-state index is 3.55. The van der Waals surface area contributed by atoms with Gasteiger partial charge >= 0.3 is 0 Å². The monoisotopic (exact) mass is 86.1 g/mol. The molecule has 6 heavy (non-hydrogen) atoms. The first-order valence-electron chi connectivity index (χ1n) is 2.02. The molecular weight excluding hydrogens is 72.1 g/mol. The standard InChI is InChI=1S/C5H10.CH4/c1-3-5-4-2;/h3H,1,4-5H2,2H3;1H4. The molecule has 0 spiro atoms. The lowest BCUT2D eigenvalue weighted by molar-refractivity contribution is 0.961. The molecule has 0 unspecified atom stereocenters. The SMILES string of the molecule is C.C=CCCC. The van der Waals surface area contributed by atoms with Crippen LogP contribution in [0, 0.1) is 0 Å². The van der Waals surface area contributed by atoms with Crippen LogP contribution in [0.4, 0.5) is 0 Å². The minimum atomic E-state index is 0. The summed E-state index contributed by atoms with van der Waals surface area (Å²) in [5.74, 6) is 0. The Morgan fingerprint density at radius 3 is 2.17 bits per heavy atom. The molecule has 0 fully saturated rings. The Hall–Kier alpha value is -0.260. The Balaban J connectivity index is 0. The molecule has 0 saturated heterocycles. The molecule has 0 saturated carbocycles. The van der Waals surface area contributed by atoms with Crippen molar-refractivity contribution in [2.45, 2.75) is 27.2 Å². The zero-order chi connectivity index (χ0) is 4.12. The van der Waals surface area contributed by atoms with Gasteiger partial charge in [-0.15, -0.1) is 6.58 Å². The summed E-state index contributed by atoms with van der Waals surface area (Å²) in [4.78, 5) is 0. The molecular formula is C6H14. The number of hydrogen-bond donors (Lipinski definition) is 0. The van der Waals surface area contributed by atoms with Gasteiger partial charge in [0, 0.05) is 0 Å². The topological polar surface area (TPSA) is 0 Å². The third kappa shape index (κ3) is 9.27. The van der Waals surface area contributed by atoms with Gasteiger partial charge in [-0.3, -0.25) is 0 Å². The lowest BCUT2D eigenvalue weighted by Gasteiger charge is -1.72. The molecule has 0 N–H and O–H groups in total. The third-order valence-corrected chi connectivity index (χ3v) is 0.493. The van der Waals surface area contributed by atoms with Gasteiger partial charge in [-0.2, -0.15) is 0 Å². The van der Waals surface area contributed by atoms with Crippen molar-refractivity contribution in [3.8, 4) is 0 Å². The summed E-state index contributed by atoms with van der Waals surface area (Å²) in [5.41, 5.74) is 0. The molecule has 0 aliphatic heterocycles. The van der Waals surface area contributed by atoms with Crippen LogP contribution < -0.4 is 0 Å². The fourth-order valence-electron chi connectivity index (χ4n) is 0.204. The smallest absolute Gasteiger partial charge is 0.0356 e. The van der Waals surface area contributed by atoms with E-state index in [0.717, 1.165) is 6.42 Å². The molecule has 0 amide bonds. The quantitative estimate of drug-likeness (QED) is 0.453. The van der Waals surface area contributed by atoms with Crippen LogP contribution in [0.2, 0.25) is 0 Å². The number of rotatable bonds is 2. The van der Waals surface area contributed by atoms with Crippen molar-refractivity contribution in [3.63, 3.8) is 0 Å². The Morgan fingerprint density at radius 2 is 2.17 bits per heavy atom. The molecule has 0 heterocycles. The lowest BCUT2D eigenvalue weighted by atomic mass is 10.3. The molecule has 0 aromatic carbocycles. The van der Waals surface area contributed by atoms with Crippen molar-refractivity contribution in [2.24, 2.45) is 0 Å². The highest BCUT2D eigenvalue weighted by Crippen LogP contribution is 1.82. The summed E-state index contributed by atoms with van der Waals surface area (Å²) < 4.78 is 0. The lowest BCUT2D eigenvalue weighted by Crippen LogP contribution is -1.52. The molecule has 0 aromatic heterocycles. The molecule has 0 radical (unpaired) electrons. The fourth-order valence-corrected chi connectivity index (χ4v) is 0.204. The van der Waals surface area contributed by atoms with Crippen LogP contribution in [-0.4, -0.2) is 0 Å². The van der Waals surface area contributed by atoms with Crippen LogP contribution in [0.1, 0.15) is 27.2 Å². The number of hydrogen-bond acceptors (Lipinski definition) is 0. The molecule has 0 aliphatic carbocycles. The second-order valence-electron chi connectivity index (χ2n) is 1.08. The van der Waals surface area contributed by atoms with Crippen LogP contribution in [-0.2, 0) is 0 Å². The summed E-state index contributed by atoms with van der Waals surface area (Å²) in [6.07, 6.45) is 4.31. The normalized spacial score (nSPS) is 6.17. The van der Waals surface area contributed by atoms with Crippen molar-refractivity contribution in [3.05, 3.63) is 12.7 Å². The van der Waals surface area contributed by atoms with Crippen molar-refractivity contribution in [1.82, 2.24) is 0 Å². The average Bonchev–Trinajstić information content (AvgIpc) is 1.41. The van der Waals surface area contributed by atoms with Gasteiger partial charge in [-0.05, 0) is 6.42 Å². The van der Waals surface area contributed by atoms with E-state index in [4.69, 9.17) is 0 Å². The minimum Gasteiger partial charge on any atom is -0.103 e. The van der Waals surface area contributed by atoms with Gasteiger partial charge in [-0.1, -0.05) is 26.8 Å². The van der Waals surface area contributed by atoms with E-state index in [-0.39, 0.29) is 7.43 Å². The number of allylic oxidation sites excluding steroid dienone is 1. The van der Waals surface area contributed by atoms with Gasteiger partial charge in [0.25, 0.3) is 0 Å². The van der Waals surface area contributed by atoms with Gasteiger partial charge in [-0.25, -0.2) is 0 Å². The molecule has 0 heteroatoms. The van der Waals surface area contributed by atoms with Crippen LogP contribution in [0.5, 0.6) is 0 Å². The predicted molar refractivity (Wildman–Crippen MR) is 31.8 cm³/mol. The second-order valence-corrected chi connectivity index (χ2v) is 1.08. The zero-order valence-corrected chi connectivity index (χ0v) is 3.70. The molecule has 0 aliphatic rings. The highest BCUT2D eigenvalue weighted by Gasteiger charge is 1.61. The fraction of sp³-hybridized carbons (Fsp3) is 0.667. The molecule has 38 valence electrons. The van der Waals surface area contributed by atoms with Crippen molar-refractivity contribution in [2.75, 3.05) is 0 Å². The van der Waals surface area contributed by atoms with Crippen molar-refractivity contribution in [1.29, 1.82) is 0 Å². The minimum absolute atomic E-state index is 0. The molecule has 0 aromatic rings. The van der Waals surface area contributed by atoms with Crippen LogP contribution in [0.3, 0.4) is 0 Å². The summed E-state index contributed by atoms with van der Waals surface area (Å²) in [6.45, 7) is 5.69. The largest absolute Gasteiger partial charge is 0.103 e. The van der Waals surface area contributed by atoms with Crippen LogP contribution in [0.25, 0.3) is 0 Å². The molecule has 0 rings (SSSR count). The molecule has 0 bridgehead atoms. The van der Waals surface area contributed by atoms with Gasteiger partial charge < -0.3 is 0 Å². The van der Waals surface area contributed by atoms with Gasteiger partial charge in [0.2, 0.25) is 0 Å². The van der Waals surface area contributed by atoms with Gasteiger partial charge in [0.1, 0.15) is 0 Å². The Bertz CT molecular complexity index is 21.2. The van der Waals surface area contributed by atoms with E-state index < -0.39 is 0 Å². The summed E-state index contributed by atoms with van der Waals surface area (Å²) in [5, 5.41) is 0. The van der Waals surface area contributed by atoms with Gasteiger partial charge in [0.15, 0.2) is 0 Å². The van der Waals surface area contributed by atoms with E-state index in [0.29, 0.717) is 0 Å². The van der Waals surface area contributed by atoms with Gasteiger partial charge in [0.05, 0.1) is 0 Å². The first kappa shape index (κ1) is 9.22. The highest BCUT2D eigenvalue weighted by molar-refractivity contribution is 4.63. The molecule has 0 atom stereocenters.